The average Bonchev–Trinajstić information content (AvgIpc) is 3.30. The summed E-state index contributed by atoms with van der Waals surface area (Å²) >= 11 is 3.01. The predicted octanol–water partition coefficient (Wildman–Crippen LogP) is 3.77. The first kappa shape index (κ1) is 18.2. The minimum Gasteiger partial charge on any atom is -0.283 e. The maximum Gasteiger partial charge on any atom is 0.239 e. The van der Waals surface area contributed by atoms with Gasteiger partial charge in [-0.2, -0.15) is 0 Å². The van der Waals surface area contributed by atoms with Crippen molar-refractivity contribution in [1.82, 2.24) is 20.2 Å². The number of carbonyl (C=O) groups excluding carboxylic acids is 1. The monoisotopic (exact) mass is 399 g/mol. The first-order valence-corrected chi connectivity index (χ1v) is 10.8. The van der Waals surface area contributed by atoms with E-state index in [0.717, 1.165) is 29.4 Å². The highest BCUT2D eigenvalue weighted by molar-refractivity contribution is 7.99. The van der Waals surface area contributed by atoms with Gasteiger partial charge in [0, 0.05) is 4.88 Å². The summed E-state index contributed by atoms with van der Waals surface area (Å²) in [7, 11) is 0. The Hall–Kier alpha value is -2.19. The van der Waals surface area contributed by atoms with Gasteiger partial charge < -0.3 is 0 Å². The standard InChI is InChI=1S/C19H21N5OS2/c1-13-20-18(23-22-13)26-12-17(25)24(11-14-7-3-2-4-8-14)19-21-15-9-5-6-10-16(15)27-19/h2-4,7-8H,5-6,9-12H2,1H3,(H,20,22,23). The number of H-pyrrole nitrogens is 1. The van der Waals surface area contributed by atoms with Crippen molar-refractivity contribution in [3.63, 3.8) is 0 Å². The highest BCUT2D eigenvalue weighted by Gasteiger charge is 2.24. The Morgan fingerprint density at radius 1 is 1.22 bits per heavy atom. The molecule has 2 heterocycles. The van der Waals surface area contributed by atoms with Crippen LogP contribution < -0.4 is 4.90 Å². The molecular formula is C19H21N5OS2. The molecule has 0 spiro atoms. The Morgan fingerprint density at radius 2 is 2.04 bits per heavy atom. The minimum atomic E-state index is 0.0254. The number of thiazole rings is 1. The van der Waals surface area contributed by atoms with Crippen molar-refractivity contribution in [2.75, 3.05) is 10.7 Å². The third kappa shape index (κ3) is 4.39. The number of rotatable bonds is 6. The van der Waals surface area contributed by atoms with Gasteiger partial charge in [-0.05, 0) is 38.2 Å². The molecule has 2 aromatic heterocycles. The maximum absolute atomic E-state index is 13.0. The molecule has 1 aliphatic carbocycles. The summed E-state index contributed by atoms with van der Waals surface area (Å²) in [5, 5.41) is 8.31. The van der Waals surface area contributed by atoms with Gasteiger partial charge in [0.1, 0.15) is 5.82 Å². The number of nitrogens with one attached hydrogen (secondary N) is 1. The predicted molar refractivity (Wildman–Crippen MR) is 108 cm³/mol. The van der Waals surface area contributed by atoms with Crippen LogP contribution in [0.5, 0.6) is 0 Å². The lowest BCUT2D eigenvalue weighted by molar-refractivity contribution is -0.116. The van der Waals surface area contributed by atoms with Gasteiger partial charge in [0.05, 0.1) is 18.0 Å². The van der Waals surface area contributed by atoms with Crippen LogP contribution in [0.2, 0.25) is 0 Å². The number of anilines is 1. The SMILES string of the molecule is Cc1nc(SCC(=O)N(Cc2ccccc2)c2nc3c(s2)CCCC3)n[nH]1. The van der Waals surface area contributed by atoms with Gasteiger partial charge in [0.25, 0.3) is 0 Å². The molecule has 1 aromatic carbocycles. The summed E-state index contributed by atoms with van der Waals surface area (Å²) < 4.78 is 0. The molecule has 1 N–H and O–H groups in total. The number of hydrogen-bond acceptors (Lipinski definition) is 6. The van der Waals surface area contributed by atoms with Crippen molar-refractivity contribution in [3.05, 3.63) is 52.3 Å². The van der Waals surface area contributed by atoms with E-state index in [2.05, 4.69) is 15.2 Å². The number of nitrogens with zero attached hydrogens (tertiary/aromatic N) is 4. The Balaban J connectivity index is 1.55. The zero-order chi connectivity index (χ0) is 18.6. The highest BCUT2D eigenvalue weighted by atomic mass is 32.2. The molecule has 6 nitrogen and oxygen atoms in total. The van der Waals surface area contributed by atoms with E-state index in [1.54, 1.807) is 11.3 Å². The first-order valence-electron chi connectivity index (χ1n) is 9.04. The van der Waals surface area contributed by atoms with Gasteiger partial charge in [-0.25, -0.2) is 9.97 Å². The minimum absolute atomic E-state index is 0.0254. The van der Waals surface area contributed by atoms with Crippen LogP contribution in [0.3, 0.4) is 0 Å². The molecule has 0 atom stereocenters. The number of amides is 1. The fourth-order valence-corrected chi connectivity index (χ4v) is 4.96. The number of benzene rings is 1. The smallest absolute Gasteiger partial charge is 0.239 e. The van der Waals surface area contributed by atoms with Crippen molar-refractivity contribution in [3.8, 4) is 0 Å². The lowest BCUT2D eigenvalue weighted by atomic mass is 10.0. The Morgan fingerprint density at radius 3 is 2.78 bits per heavy atom. The molecule has 1 amide bonds. The summed E-state index contributed by atoms with van der Waals surface area (Å²) in [6.07, 6.45) is 4.49. The molecule has 27 heavy (non-hydrogen) atoms. The first-order chi connectivity index (χ1) is 13.2. The van der Waals surface area contributed by atoms with E-state index in [9.17, 15) is 4.79 Å². The topological polar surface area (TPSA) is 74.8 Å². The van der Waals surface area contributed by atoms with E-state index >= 15 is 0 Å². The molecule has 4 rings (SSSR count). The average molecular weight is 400 g/mol. The number of thioether (sulfide) groups is 1. The molecule has 0 fully saturated rings. The number of hydrogen-bond donors (Lipinski definition) is 1. The summed E-state index contributed by atoms with van der Waals surface area (Å²) in [5.41, 5.74) is 2.27. The van der Waals surface area contributed by atoms with Crippen LogP contribution >= 0.6 is 23.1 Å². The van der Waals surface area contributed by atoms with Gasteiger partial charge in [-0.3, -0.25) is 14.8 Å². The van der Waals surface area contributed by atoms with Crippen LogP contribution in [0.15, 0.2) is 35.5 Å². The van der Waals surface area contributed by atoms with E-state index < -0.39 is 0 Å². The molecule has 0 unspecified atom stereocenters. The van der Waals surface area contributed by atoms with E-state index in [1.165, 1.54) is 35.2 Å². The number of fused-ring (bicyclic) bond motifs is 1. The molecule has 0 bridgehead atoms. The zero-order valence-corrected chi connectivity index (χ0v) is 16.8. The van der Waals surface area contributed by atoms with Gasteiger partial charge >= 0.3 is 0 Å². The molecule has 0 saturated heterocycles. The number of aryl methyl sites for hydroxylation is 3. The van der Waals surface area contributed by atoms with Crippen LogP contribution in [0.4, 0.5) is 5.13 Å². The number of carbonyl (C=O) groups is 1. The fourth-order valence-electron chi connectivity index (χ4n) is 3.07. The second-order valence-corrected chi connectivity index (χ2v) is 8.54. The summed E-state index contributed by atoms with van der Waals surface area (Å²) in [5.74, 6) is 1.06. The third-order valence-electron chi connectivity index (χ3n) is 4.45. The van der Waals surface area contributed by atoms with Crippen molar-refractivity contribution in [2.24, 2.45) is 0 Å². The fraction of sp³-hybridized carbons (Fsp3) is 0.368. The van der Waals surface area contributed by atoms with Crippen LogP contribution in [0.1, 0.15) is 34.8 Å². The largest absolute Gasteiger partial charge is 0.283 e. The second kappa shape index (κ2) is 8.22. The highest BCUT2D eigenvalue weighted by Crippen LogP contribution is 2.33. The number of aromatic amines is 1. The molecule has 140 valence electrons. The quantitative estimate of drug-likeness (QED) is 0.639. The summed E-state index contributed by atoms with van der Waals surface area (Å²) in [6.45, 7) is 2.38. The van der Waals surface area contributed by atoms with Crippen LogP contribution in [0, 0.1) is 6.92 Å². The molecule has 0 saturated carbocycles. The number of aromatic nitrogens is 4. The molecule has 0 radical (unpaired) electrons. The van der Waals surface area contributed by atoms with Gasteiger partial charge in [0.15, 0.2) is 5.13 Å². The van der Waals surface area contributed by atoms with Crippen molar-refractivity contribution in [1.29, 1.82) is 0 Å². The van der Waals surface area contributed by atoms with Crippen molar-refractivity contribution in [2.45, 2.75) is 44.3 Å². The normalized spacial score (nSPS) is 13.4. The molecular weight excluding hydrogens is 378 g/mol. The van der Waals surface area contributed by atoms with E-state index in [1.807, 2.05) is 42.2 Å². The Kier molecular flexibility index (Phi) is 5.54. The van der Waals surface area contributed by atoms with Gasteiger partial charge in [0.2, 0.25) is 11.1 Å². The molecule has 3 aromatic rings. The van der Waals surface area contributed by atoms with Crippen molar-refractivity contribution < 1.29 is 4.79 Å². The Bertz CT molecular complexity index is 898. The van der Waals surface area contributed by atoms with Gasteiger partial charge in [-0.15, -0.1) is 16.4 Å². The van der Waals surface area contributed by atoms with Gasteiger partial charge in [-0.1, -0.05) is 42.1 Å². The summed E-state index contributed by atoms with van der Waals surface area (Å²) in [6, 6.07) is 10.1. The third-order valence-corrected chi connectivity index (χ3v) is 6.46. The van der Waals surface area contributed by atoms with E-state index in [0.29, 0.717) is 11.7 Å². The van der Waals surface area contributed by atoms with Crippen LogP contribution in [-0.4, -0.2) is 31.8 Å². The zero-order valence-electron chi connectivity index (χ0n) is 15.1. The van der Waals surface area contributed by atoms with Crippen LogP contribution in [-0.2, 0) is 24.2 Å². The molecule has 8 heteroatoms. The molecule has 0 aliphatic heterocycles. The van der Waals surface area contributed by atoms with Crippen LogP contribution in [0.25, 0.3) is 0 Å². The summed E-state index contributed by atoms with van der Waals surface area (Å²) in [4.78, 5) is 25.3. The molecule has 1 aliphatic rings. The van der Waals surface area contributed by atoms with E-state index in [4.69, 9.17) is 4.98 Å². The lowest BCUT2D eigenvalue weighted by Gasteiger charge is -2.19. The Labute approximate surface area is 166 Å². The maximum atomic E-state index is 13.0. The lowest BCUT2D eigenvalue weighted by Crippen LogP contribution is -2.32. The second-order valence-electron chi connectivity index (χ2n) is 6.53. The van der Waals surface area contributed by atoms with Crippen molar-refractivity contribution >= 4 is 34.1 Å². The van der Waals surface area contributed by atoms with E-state index in [-0.39, 0.29) is 11.7 Å².